The molecule has 3 heterocycles. The van der Waals surface area contributed by atoms with E-state index in [9.17, 15) is 14.3 Å². The van der Waals surface area contributed by atoms with Crippen LogP contribution in [-0.4, -0.2) is 75.5 Å². The average Bonchev–Trinajstić information content (AvgIpc) is 3.37. The molecule has 1 unspecified atom stereocenters. The number of nitrogens with one attached hydrogen (secondary N) is 3. The second kappa shape index (κ2) is 12.7. The number of piperidine rings is 1. The molecule has 40 heavy (non-hydrogen) atoms. The lowest BCUT2D eigenvalue weighted by atomic mass is 10.1. The van der Waals surface area contributed by atoms with E-state index in [4.69, 9.17) is 9.47 Å². The van der Waals surface area contributed by atoms with E-state index < -0.39 is 5.82 Å². The predicted octanol–water partition coefficient (Wildman–Crippen LogP) is 3.65. The van der Waals surface area contributed by atoms with Gasteiger partial charge in [0.05, 0.1) is 31.8 Å². The van der Waals surface area contributed by atoms with Crippen molar-refractivity contribution in [1.29, 1.82) is 0 Å². The maximum absolute atomic E-state index is 13.4. The summed E-state index contributed by atoms with van der Waals surface area (Å²) in [6.45, 7) is 3.09. The fraction of sp³-hybridized carbons (Fsp3) is 0.357. The van der Waals surface area contributed by atoms with Crippen LogP contribution in [0.3, 0.4) is 0 Å². The molecule has 0 spiro atoms. The largest absolute Gasteiger partial charge is 0.493 e. The first-order chi connectivity index (χ1) is 19.5. The fourth-order valence-electron chi connectivity index (χ4n) is 4.72. The molecule has 11 nitrogen and oxygen atoms in total. The summed E-state index contributed by atoms with van der Waals surface area (Å²) in [7, 11) is 1.58. The van der Waals surface area contributed by atoms with Crippen molar-refractivity contribution in [3.63, 3.8) is 0 Å². The van der Waals surface area contributed by atoms with Crippen LogP contribution in [0.4, 0.5) is 21.7 Å². The number of nitrogens with zero attached hydrogens (tertiary/aromatic N) is 4. The zero-order valence-electron chi connectivity index (χ0n) is 22.2. The maximum atomic E-state index is 13.4. The Balaban J connectivity index is 1.21. The van der Waals surface area contributed by atoms with Crippen LogP contribution in [0.1, 0.15) is 25.0 Å². The number of aliphatic hydroxyl groups is 1. The summed E-state index contributed by atoms with van der Waals surface area (Å²) in [6.07, 6.45) is 3.95. The van der Waals surface area contributed by atoms with Crippen molar-refractivity contribution in [2.45, 2.75) is 31.8 Å². The summed E-state index contributed by atoms with van der Waals surface area (Å²) in [5, 5.41) is 23.5. The number of hydrogen-bond acceptors (Lipinski definition) is 9. The molecule has 2 aromatic heterocycles. The quantitative estimate of drug-likeness (QED) is 0.207. The van der Waals surface area contributed by atoms with Gasteiger partial charge in [-0.25, -0.2) is 14.4 Å². The fourth-order valence-corrected chi connectivity index (χ4v) is 4.72. The third kappa shape index (κ3) is 7.01. The summed E-state index contributed by atoms with van der Waals surface area (Å²) in [5.41, 5.74) is 1.62. The number of likely N-dealkylation sites (tertiary alicyclic amines) is 1. The lowest BCUT2D eigenvalue weighted by Crippen LogP contribution is -2.39. The Hall–Kier alpha value is -4.29. The number of ether oxygens (including phenoxy) is 2. The topological polar surface area (TPSA) is 138 Å². The molecule has 4 aromatic rings. The van der Waals surface area contributed by atoms with Gasteiger partial charge in [-0.2, -0.15) is 5.10 Å². The Morgan fingerprint density at radius 3 is 2.95 bits per heavy atom. The number of benzene rings is 2. The number of hydrogen-bond donors (Lipinski definition) is 4. The zero-order valence-corrected chi connectivity index (χ0v) is 22.2. The van der Waals surface area contributed by atoms with Gasteiger partial charge < -0.3 is 30.1 Å². The molecule has 0 bridgehead atoms. The number of anilines is 3. The molecule has 0 aliphatic carbocycles. The molecule has 5 rings (SSSR count). The number of carbonyl (C=O) groups is 1. The lowest BCUT2D eigenvalue weighted by molar-refractivity contribution is -0.115. The monoisotopic (exact) mass is 549 g/mol. The van der Waals surface area contributed by atoms with Crippen molar-refractivity contribution in [3.05, 3.63) is 60.3 Å². The number of aliphatic hydroxyl groups excluding tert-OH is 1. The molecular formula is C28H32FN7O4. The highest BCUT2D eigenvalue weighted by Gasteiger charge is 2.17. The Morgan fingerprint density at radius 1 is 1.23 bits per heavy atom. The highest BCUT2D eigenvalue weighted by atomic mass is 19.1. The predicted molar refractivity (Wildman–Crippen MR) is 148 cm³/mol. The average molecular weight is 550 g/mol. The molecule has 12 heteroatoms. The van der Waals surface area contributed by atoms with Gasteiger partial charge in [-0.1, -0.05) is 6.07 Å². The summed E-state index contributed by atoms with van der Waals surface area (Å²) < 4.78 is 25.0. The van der Waals surface area contributed by atoms with Crippen LogP contribution >= 0.6 is 0 Å². The van der Waals surface area contributed by atoms with E-state index in [0.717, 1.165) is 32.4 Å². The van der Waals surface area contributed by atoms with Crippen molar-refractivity contribution in [1.82, 2.24) is 25.1 Å². The second-order valence-electron chi connectivity index (χ2n) is 9.68. The molecule has 0 radical (unpaired) electrons. The Bertz CT molecular complexity index is 1460. The van der Waals surface area contributed by atoms with Gasteiger partial charge in [0.2, 0.25) is 5.91 Å². The van der Waals surface area contributed by atoms with Crippen molar-refractivity contribution in [2.24, 2.45) is 0 Å². The number of β-amino-alcohol motifs (C(OH)–C–C–N with tert-alkyl or cyclic N) is 1. The van der Waals surface area contributed by atoms with E-state index in [2.05, 4.69) is 35.7 Å². The normalized spacial score (nSPS) is 15.6. The number of fused-ring (bicyclic) bond motifs is 1. The van der Waals surface area contributed by atoms with Crippen LogP contribution in [0.2, 0.25) is 0 Å². The zero-order chi connectivity index (χ0) is 27.9. The molecule has 2 aromatic carbocycles. The highest BCUT2D eigenvalue weighted by molar-refractivity contribution is 5.93. The van der Waals surface area contributed by atoms with Gasteiger partial charge in [-0.15, -0.1) is 0 Å². The third-order valence-electron chi connectivity index (χ3n) is 6.61. The third-order valence-corrected chi connectivity index (χ3v) is 6.61. The summed E-state index contributed by atoms with van der Waals surface area (Å²) in [5.74, 6) is 1.39. The number of rotatable bonds is 11. The van der Waals surface area contributed by atoms with Gasteiger partial charge in [0, 0.05) is 42.0 Å². The standard InChI is InChI=1S/C28H32FN7O4/c1-39-24-14-22-23(15-25(24)40-10-4-9-36-8-3-7-21(37)16-36)30-17-31-28(22)33-26-12-20(34-35-26)13-27(38)32-19-6-2-5-18(29)11-19/h2,5-6,11-12,14-15,17,21,37H,3-4,7-10,13,16H2,1H3,(H,32,38)(H2,30,31,33,34,35). The minimum Gasteiger partial charge on any atom is -0.493 e. The van der Waals surface area contributed by atoms with E-state index in [0.29, 0.717) is 58.6 Å². The van der Waals surface area contributed by atoms with Crippen molar-refractivity contribution < 1.29 is 23.8 Å². The Morgan fingerprint density at radius 2 is 2.12 bits per heavy atom. The number of amides is 1. The number of aromatic nitrogens is 4. The molecule has 1 fully saturated rings. The first kappa shape index (κ1) is 27.3. The Kier molecular flexibility index (Phi) is 8.67. The second-order valence-corrected chi connectivity index (χ2v) is 9.68. The molecular weight excluding hydrogens is 517 g/mol. The molecule has 1 aliphatic rings. The molecule has 1 atom stereocenters. The highest BCUT2D eigenvalue weighted by Crippen LogP contribution is 2.34. The van der Waals surface area contributed by atoms with Gasteiger partial charge in [-0.3, -0.25) is 9.89 Å². The molecule has 1 saturated heterocycles. The minimum atomic E-state index is -0.424. The maximum Gasteiger partial charge on any atom is 0.230 e. The lowest BCUT2D eigenvalue weighted by Gasteiger charge is -2.29. The van der Waals surface area contributed by atoms with Gasteiger partial charge in [0.1, 0.15) is 18.0 Å². The summed E-state index contributed by atoms with van der Waals surface area (Å²) in [6, 6.07) is 11.1. The van der Waals surface area contributed by atoms with Crippen molar-refractivity contribution in [3.8, 4) is 11.5 Å². The van der Waals surface area contributed by atoms with E-state index >= 15 is 0 Å². The molecule has 1 aliphatic heterocycles. The van der Waals surface area contributed by atoms with Crippen molar-refractivity contribution in [2.75, 3.05) is 44.0 Å². The van der Waals surface area contributed by atoms with Crippen LogP contribution in [0.15, 0.2) is 48.8 Å². The molecule has 0 saturated carbocycles. The smallest absolute Gasteiger partial charge is 0.230 e. The number of carbonyl (C=O) groups excluding carboxylic acids is 1. The van der Waals surface area contributed by atoms with Crippen molar-refractivity contribution >= 4 is 34.1 Å². The number of H-pyrrole nitrogens is 1. The number of methoxy groups -OCH3 is 1. The SMILES string of the molecule is COc1cc2c(Nc3cc(CC(=O)Nc4cccc(F)c4)[nH]n3)ncnc2cc1OCCCN1CCCC(O)C1. The van der Waals surface area contributed by atoms with Crippen LogP contribution in [0.25, 0.3) is 10.9 Å². The first-order valence-electron chi connectivity index (χ1n) is 13.2. The van der Waals surface area contributed by atoms with E-state index in [1.54, 1.807) is 19.2 Å². The van der Waals surface area contributed by atoms with Crippen LogP contribution in [-0.2, 0) is 11.2 Å². The van der Waals surface area contributed by atoms with Gasteiger partial charge >= 0.3 is 0 Å². The van der Waals surface area contributed by atoms with Crippen LogP contribution < -0.4 is 20.1 Å². The molecule has 1 amide bonds. The van der Waals surface area contributed by atoms with E-state index in [1.807, 2.05) is 12.1 Å². The van der Waals surface area contributed by atoms with Gasteiger partial charge in [0.25, 0.3) is 0 Å². The minimum absolute atomic E-state index is 0.0303. The Labute approximate surface area is 230 Å². The summed E-state index contributed by atoms with van der Waals surface area (Å²) in [4.78, 5) is 23.4. The molecule has 4 N–H and O–H groups in total. The van der Waals surface area contributed by atoms with E-state index in [1.165, 1.54) is 24.5 Å². The number of aromatic amines is 1. The molecule has 210 valence electrons. The number of halogens is 1. The summed E-state index contributed by atoms with van der Waals surface area (Å²) >= 11 is 0. The van der Waals surface area contributed by atoms with Crippen LogP contribution in [0, 0.1) is 5.82 Å². The van der Waals surface area contributed by atoms with Gasteiger partial charge in [0.15, 0.2) is 17.3 Å². The first-order valence-corrected chi connectivity index (χ1v) is 13.2. The van der Waals surface area contributed by atoms with Crippen LogP contribution in [0.5, 0.6) is 11.5 Å². The van der Waals surface area contributed by atoms with E-state index in [-0.39, 0.29) is 18.4 Å². The van der Waals surface area contributed by atoms with Gasteiger partial charge in [-0.05, 0) is 50.1 Å².